The average molecular weight is 287 g/mol. The van der Waals surface area contributed by atoms with Gasteiger partial charge in [0.2, 0.25) is 0 Å². The predicted octanol–water partition coefficient (Wildman–Crippen LogP) is 3.30. The van der Waals surface area contributed by atoms with E-state index in [-0.39, 0.29) is 5.41 Å². The van der Waals surface area contributed by atoms with Crippen molar-refractivity contribution in [1.29, 1.82) is 0 Å². The molecule has 0 aromatic heterocycles. The summed E-state index contributed by atoms with van der Waals surface area (Å²) < 4.78 is 11.8. The summed E-state index contributed by atoms with van der Waals surface area (Å²) in [5, 5.41) is 3.94. The highest BCUT2D eigenvalue weighted by atomic mass is 16.5. The topological polar surface area (TPSA) is 30.5 Å². The van der Waals surface area contributed by atoms with E-state index in [0.29, 0.717) is 24.1 Å². The highest BCUT2D eigenvalue weighted by Gasteiger charge is 2.58. The first-order chi connectivity index (χ1) is 10.2. The van der Waals surface area contributed by atoms with E-state index in [4.69, 9.17) is 9.47 Å². The summed E-state index contributed by atoms with van der Waals surface area (Å²) in [6, 6.07) is 9.43. The quantitative estimate of drug-likeness (QED) is 0.905. The Hall–Kier alpha value is -1.06. The first-order valence-electron chi connectivity index (χ1n) is 8.27. The minimum absolute atomic E-state index is 0.234. The normalized spacial score (nSPS) is 36.9. The fourth-order valence-electron chi connectivity index (χ4n) is 4.59. The van der Waals surface area contributed by atoms with Crippen LogP contribution < -0.4 is 10.1 Å². The zero-order valence-electron chi connectivity index (χ0n) is 13.0. The fourth-order valence-corrected chi connectivity index (χ4v) is 4.59. The van der Waals surface area contributed by atoms with Gasteiger partial charge in [-0.25, -0.2) is 0 Å². The van der Waals surface area contributed by atoms with Gasteiger partial charge < -0.3 is 14.8 Å². The molecule has 2 heterocycles. The van der Waals surface area contributed by atoms with Crippen LogP contribution in [0.1, 0.15) is 44.7 Å². The Kier molecular flexibility index (Phi) is 3.23. The Labute approximate surface area is 127 Å². The van der Waals surface area contributed by atoms with Gasteiger partial charge in [0.05, 0.1) is 12.7 Å². The van der Waals surface area contributed by atoms with Crippen molar-refractivity contribution in [3.8, 4) is 5.75 Å². The number of benzene rings is 1. The largest absolute Gasteiger partial charge is 0.493 e. The van der Waals surface area contributed by atoms with E-state index in [1.54, 1.807) is 0 Å². The van der Waals surface area contributed by atoms with Crippen LogP contribution in [0.15, 0.2) is 24.3 Å². The number of nitrogens with one attached hydrogen (secondary N) is 1. The van der Waals surface area contributed by atoms with Gasteiger partial charge in [0.15, 0.2) is 0 Å². The third-order valence-electron chi connectivity index (χ3n) is 5.67. The van der Waals surface area contributed by atoms with Crippen LogP contribution >= 0.6 is 0 Å². The maximum Gasteiger partial charge on any atom is 0.124 e. The van der Waals surface area contributed by atoms with Crippen molar-refractivity contribution in [3.05, 3.63) is 29.8 Å². The van der Waals surface area contributed by atoms with Gasteiger partial charge in [-0.05, 0) is 18.9 Å². The summed E-state index contributed by atoms with van der Waals surface area (Å²) in [4.78, 5) is 0. The van der Waals surface area contributed by atoms with Crippen molar-refractivity contribution >= 4 is 0 Å². The summed E-state index contributed by atoms with van der Waals surface area (Å²) in [7, 11) is 0. The number of fused-ring (bicyclic) bond motifs is 2. The average Bonchev–Trinajstić information content (AvgIpc) is 2.52. The van der Waals surface area contributed by atoms with E-state index in [9.17, 15) is 0 Å². The molecule has 0 radical (unpaired) electrons. The zero-order valence-corrected chi connectivity index (χ0v) is 13.0. The molecule has 2 aliphatic heterocycles. The second-order valence-corrected chi connectivity index (χ2v) is 7.29. The number of para-hydroxylation sites is 1. The fraction of sp³-hybridized carbons (Fsp3) is 0.667. The Balaban J connectivity index is 1.54. The highest BCUT2D eigenvalue weighted by molar-refractivity contribution is 5.37. The van der Waals surface area contributed by atoms with Gasteiger partial charge in [-0.3, -0.25) is 0 Å². The number of hydrogen-bond donors (Lipinski definition) is 1. The van der Waals surface area contributed by atoms with Gasteiger partial charge in [0.25, 0.3) is 0 Å². The van der Waals surface area contributed by atoms with E-state index in [1.807, 2.05) is 0 Å². The molecule has 3 nitrogen and oxygen atoms in total. The van der Waals surface area contributed by atoms with Crippen LogP contribution in [0.3, 0.4) is 0 Å². The lowest BCUT2D eigenvalue weighted by Gasteiger charge is -2.61. The molecule has 0 bridgehead atoms. The lowest BCUT2D eigenvalue weighted by Crippen LogP contribution is -2.69. The maximum atomic E-state index is 6.02. The van der Waals surface area contributed by atoms with Crippen molar-refractivity contribution in [2.75, 3.05) is 13.2 Å². The standard InChI is InChI=1S/C18H25NO2/c1-18(2)16(13-7-5-10-21-17(13)18)19-14-9-11-20-15-8-4-3-6-12(14)15/h3-4,6,8,13-14,16-17,19H,5,7,9-11H2,1-2H3. The molecule has 21 heavy (non-hydrogen) atoms. The minimum atomic E-state index is 0.234. The van der Waals surface area contributed by atoms with Crippen LogP contribution in [0, 0.1) is 11.3 Å². The summed E-state index contributed by atoms with van der Waals surface area (Å²) in [6.45, 7) is 6.45. The Bertz CT molecular complexity index is 528. The monoisotopic (exact) mass is 287 g/mol. The molecule has 1 aromatic carbocycles. The maximum absolute atomic E-state index is 6.02. The molecule has 2 fully saturated rings. The predicted molar refractivity (Wildman–Crippen MR) is 82.5 cm³/mol. The second-order valence-electron chi connectivity index (χ2n) is 7.29. The Morgan fingerprint density at radius 1 is 1.14 bits per heavy atom. The molecule has 4 rings (SSSR count). The van der Waals surface area contributed by atoms with E-state index in [2.05, 4.69) is 43.4 Å². The Morgan fingerprint density at radius 2 is 2.00 bits per heavy atom. The molecule has 1 saturated carbocycles. The molecular formula is C18H25NO2. The van der Waals surface area contributed by atoms with Crippen molar-refractivity contribution in [3.63, 3.8) is 0 Å². The van der Waals surface area contributed by atoms with E-state index >= 15 is 0 Å². The van der Waals surface area contributed by atoms with Gasteiger partial charge in [-0.2, -0.15) is 0 Å². The van der Waals surface area contributed by atoms with Crippen LogP contribution in [0.5, 0.6) is 5.75 Å². The molecule has 1 saturated heterocycles. The summed E-state index contributed by atoms with van der Waals surface area (Å²) in [5.74, 6) is 1.73. The smallest absolute Gasteiger partial charge is 0.124 e. The molecule has 1 aliphatic carbocycles. The van der Waals surface area contributed by atoms with Gasteiger partial charge in [0, 0.05) is 42.0 Å². The molecule has 114 valence electrons. The lowest BCUT2D eigenvalue weighted by molar-refractivity contribution is -0.195. The summed E-state index contributed by atoms with van der Waals surface area (Å²) in [6.07, 6.45) is 4.01. The number of hydrogen-bond acceptors (Lipinski definition) is 3. The molecule has 0 spiro atoms. The molecule has 0 amide bonds. The third-order valence-corrected chi connectivity index (χ3v) is 5.67. The van der Waals surface area contributed by atoms with Crippen LogP contribution in [0.4, 0.5) is 0 Å². The van der Waals surface area contributed by atoms with Crippen LogP contribution in [-0.4, -0.2) is 25.4 Å². The van der Waals surface area contributed by atoms with E-state index < -0.39 is 0 Å². The van der Waals surface area contributed by atoms with Crippen LogP contribution in [0.2, 0.25) is 0 Å². The van der Waals surface area contributed by atoms with Gasteiger partial charge in [-0.15, -0.1) is 0 Å². The second kappa shape index (κ2) is 4.99. The molecule has 3 heteroatoms. The van der Waals surface area contributed by atoms with Gasteiger partial charge >= 0.3 is 0 Å². The Morgan fingerprint density at radius 3 is 2.90 bits per heavy atom. The molecule has 4 atom stereocenters. The first-order valence-corrected chi connectivity index (χ1v) is 8.27. The van der Waals surface area contributed by atoms with Crippen molar-refractivity contribution in [1.82, 2.24) is 5.32 Å². The van der Waals surface area contributed by atoms with Crippen molar-refractivity contribution in [2.45, 2.75) is 51.3 Å². The minimum Gasteiger partial charge on any atom is -0.493 e. The van der Waals surface area contributed by atoms with E-state index in [1.165, 1.54) is 18.4 Å². The zero-order chi connectivity index (χ0) is 14.4. The van der Waals surface area contributed by atoms with Gasteiger partial charge in [0.1, 0.15) is 5.75 Å². The molecule has 4 unspecified atom stereocenters. The molecule has 1 aromatic rings. The van der Waals surface area contributed by atoms with Gasteiger partial charge in [-0.1, -0.05) is 32.0 Å². The number of ether oxygens (including phenoxy) is 2. The van der Waals surface area contributed by atoms with E-state index in [0.717, 1.165) is 25.4 Å². The third kappa shape index (κ3) is 2.09. The number of rotatable bonds is 2. The SMILES string of the molecule is CC1(C)C(NC2CCOc3ccccc32)C2CCCOC21. The van der Waals surface area contributed by atoms with Crippen LogP contribution in [0.25, 0.3) is 0 Å². The molecular weight excluding hydrogens is 262 g/mol. The lowest BCUT2D eigenvalue weighted by atomic mass is 9.55. The molecule has 3 aliphatic rings. The van der Waals surface area contributed by atoms with Crippen molar-refractivity contribution < 1.29 is 9.47 Å². The van der Waals surface area contributed by atoms with Crippen molar-refractivity contribution in [2.24, 2.45) is 11.3 Å². The first kappa shape index (κ1) is 13.6. The summed E-state index contributed by atoms with van der Waals surface area (Å²) >= 11 is 0. The van der Waals surface area contributed by atoms with Crippen LogP contribution in [-0.2, 0) is 4.74 Å². The summed E-state index contributed by atoms with van der Waals surface area (Å²) in [5.41, 5.74) is 1.55. The molecule has 1 N–H and O–H groups in total. The highest BCUT2D eigenvalue weighted by Crippen LogP contribution is 2.52.